The summed E-state index contributed by atoms with van der Waals surface area (Å²) in [6.07, 6.45) is 7.90. The van der Waals surface area contributed by atoms with Gasteiger partial charge in [0, 0.05) is 19.0 Å². The molecule has 1 heterocycles. The molecule has 6 heteroatoms. The number of aryl methyl sites for hydroxylation is 1. The van der Waals surface area contributed by atoms with Gasteiger partial charge in [-0.2, -0.15) is 0 Å². The number of fused-ring (bicyclic) bond motifs is 1. The normalized spacial score (nSPS) is 16.1. The topological polar surface area (TPSA) is 67.9 Å². The van der Waals surface area contributed by atoms with Crippen molar-refractivity contribution in [2.75, 3.05) is 13.3 Å². The van der Waals surface area contributed by atoms with Crippen LogP contribution < -0.4 is 14.8 Å². The second-order valence-corrected chi connectivity index (χ2v) is 9.28. The van der Waals surface area contributed by atoms with Crippen molar-refractivity contribution >= 4 is 11.8 Å². The van der Waals surface area contributed by atoms with Gasteiger partial charge in [0.05, 0.1) is 0 Å². The number of hydrogen-bond acceptors (Lipinski definition) is 4. The molecule has 2 aromatic rings. The lowest BCUT2D eigenvalue weighted by atomic mass is 9.95. The van der Waals surface area contributed by atoms with Crippen molar-refractivity contribution in [2.45, 2.75) is 76.8 Å². The third kappa shape index (κ3) is 6.31. The average molecular weight is 465 g/mol. The van der Waals surface area contributed by atoms with E-state index in [0.29, 0.717) is 25.8 Å². The molecule has 1 saturated carbocycles. The van der Waals surface area contributed by atoms with Gasteiger partial charge in [-0.15, -0.1) is 0 Å². The van der Waals surface area contributed by atoms with Crippen molar-refractivity contribution in [3.8, 4) is 11.5 Å². The van der Waals surface area contributed by atoms with Crippen LogP contribution in [0.1, 0.15) is 63.0 Å². The second-order valence-electron chi connectivity index (χ2n) is 9.28. The monoisotopic (exact) mass is 464 g/mol. The van der Waals surface area contributed by atoms with Gasteiger partial charge in [-0.3, -0.25) is 9.59 Å². The van der Waals surface area contributed by atoms with Crippen molar-refractivity contribution in [2.24, 2.45) is 0 Å². The van der Waals surface area contributed by atoms with Gasteiger partial charge in [-0.05, 0) is 55.4 Å². The highest BCUT2D eigenvalue weighted by molar-refractivity contribution is 5.88. The fourth-order valence-corrected chi connectivity index (χ4v) is 4.93. The number of nitrogens with zero attached hydrogens (tertiary/aromatic N) is 1. The molecule has 2 aliphatic rings. The van der Waals surface area contributed by atoms with E-state index in [1.54, 1.807) is 4.90 Å². The molecule has 1 aliphatic heterocycles. The molecule has 182 valence electrons. The molecule has 6 nitrogen and oxygen atoms in total. The van der Waals surface area contributed by atoms with Gasteiger partial charge in [0.2, 0.25) is 18.6 Å². The Morgan fingerprint density at radius 3 is 2.50 bits per heavy atom. The van der Waals surface area contributed by atoms with E-state index in [2.05, 4.69) is 17.4 Å². The van der Waals surface area contributed by atoms with E-state index >= 15 is 0 Å². The Morgan fingerprint density at radius 1 is 0.971 bits per heavy atom. The zero-order valence-electron chi connectivity index (χ0n) is 20.1. The van der Waals surface area contributed by atoms with Gasteiger partial charge in [0.15, 0.2) is 11.5 Å². The zero-order valence-corrected chi connectivity index (χ0v) is 20.1. The summed E-state index contributed by atoms with van der Waals surface area (Å²) in [6, 6.07) is 15.7. The lowest BCUT2D eigenvalue weighted by Crippen LogP contribution is -2.52. The van der Waals surface area contributed by atoms with Crippen LogP contribution in [0.5, 0.6) is 11.5 Å². The van der Waals surface area contributed by atoms with Gasteiger partial charge in [-0.25, -0.2) is 0 Å². The maximum Gasteiger partial charge on any atom is 0.243 e. The molecule has 1 N–H and O–H groups in total. The minimum Gasteiger partial charge on any atom is -0.454 e. The first-order valence-electron chi connectivity index (χ1n) is 12.7. The summed E-state index contributed by atoms with van der Waals surface area (Å²) in [5.41, 5.74) is 2.19. The first-order valence-corrected chi connectivity index (χ1v) is 12.7. The van der Waals surface area contributed by atoms with Crippen molar-refractivity contribution in [3.63, 3.8) is 0 Å². The summed E-state index contributed by atoms with van der Waals surface area (Å²) in [4.78, 5) is 28.5. The van der Waals surface area contributed by atoms with Gasteiger partial charge in [0.25, 0.3) is 0 Å². The van der Waals surface area contributed by atoms with E-state index in [1.807, 2.05) is 43.3 Å². The number of carbonyl (C=O) groups excluding carboxylic acids is 2. The van der Waals surface area contributed by atoms with Crippen LogP contribution in [0.15, 0.2) is 48.5 Å². The molecule has 0 bridgehead atoms. The summed E-state index contributed by atoms with van der Waals surface area (Å²) < 4.78 is 10.9. The van der Waals surface area contributed by atoms with E-state index < -0.39 is 6.04 Å². The summed E-state index contributed by atoms with van der Waals surface area (Å²) in [6.45, 7) is 2.76. The SMILES string of the molecule is CC[C@H](C(=O)NC1CCCCC1)N(CCc1ccccc1)C(=O)CCc1ccc2c(c1)OCO2. The highest BCUT2D eigenvalue weighted by atomic mass is 16.7. The molecule has 0 aromatic heterocycles. The Hall–Kier alpha value is -3.02. The van der Waals surface area contributed by atoms with Crippen LogP contribution >= 0.6 is 0 Å². The number of rotatable bonds is 10. The van der Waals surface area contributed by atoms with Crippen molar-refractivity contribution in [3.05, 3.63) is 59.7 Å². The molecule has 0 saturated heterocycles. The fourth-order valence-electron chi connectivity index (χ4n) is 4.93. The number of nitrogens with one attached hydrogen (secondary N) is 1. The highest BCUT2D eigenvalue weighted by Gasteiger charge is 2.30. The van der Waals surface area contributed by atoms with Crippen molar-refractivity contribution in [1.82, 2.24) is 10.2 Å². The van der Waals surface area contributed by atoms with Crippen LogP contribution in [-0.2, 0) is 22.4 Å². The molecule has 1 atom stereocenters. The molecular formula is C28H36N2O4. The standard InChI is InChI=1S/C28H36N2O4/c1-2-24(28(32)29-23-11-7-4-8-12-23)30(18-17-21-9-5-3-6-10-21)27(31)16-14-22-13-15-25-26(19-22)34-20-33-25/h3,5-6,9-10,13,15,19,23-24H,2,4,7-8,11-12,14,16-18,20H2,1H3,(H,29,32)/t24-/m1/s1. The van der Waals surface area contributed by atoms with Crippen LogP contribution in [0.3, 0.4) is 0 Å². The summed E-state index contributed by atoms with van der Waals surface area (Å²) in [7, 11) is 0. The number of hydrogen-bond donors (Lipinski definition) is 1. The first-order chi connectivity index (χ1) is 16.6. The lowest BCUT2D eigenvalue weighted by Gasteiger charge is -2.33. The number of benzene rings is 2. The molecule has 4 rings (SSSR count). The van der Waals surface area contributed by atoms with E-state index in [9.17, 15) is 9.59 Å². The molecule has 1 aliphatic carbocycles. The van der Waals surface area contributed by atoms with Crippen molar-refractivity contribution < 1.29 is 19.1 Å². The molecule has 0 unspecified atom stereocenters. The lowest BCUT2D eigenvalue weighted by molar-refractivity contribution is -0.141. The van der Waals surface area contributed by atoms with E-state index in [4.69, 9.17) is 9.47 Å². The minimum atomic E-state index is -0.449. The molecule has 0 radical (unpaired) electrons. The van der Waals surface area contributed by atoms with Crippen LogP contribution in [0.25, 0.3) is 0 Å². The summed E-state index contributed by atoms with van der Waals surface area (Å²) in [5.74, 6) is 1.47. The van der Waals surface area contributed by atoms with E-state index in [-0.39, 0.29) is 24.6 Å². The molecule has 2 aromatic carbocycles. The maximum absolute atomic E-state index is 13.5. The maximum atomic E-state index is 13.5. The minimum absolute atomic E-state index is 0.0132. The zero-order chi connectivity index (χ0) is 23.8. The molecule has 2 amide bonds. The quantitative estimate of drug-likeness (QED) is 0.556. The van der Waals surface area contributed by atoms with Crippen LogP contribution in [0.2, 0.25) is 0 Å². The molecular weight excluding hydrogens is 428 g/mol. The number of amides is 2. The van der Waals surface area contributed by atoms with Gasteiger partial charge in [-0.1, -0.05) is 62.6 Å². The predicted octanol–water partition coefficient (Wildman–Crippen LogP) is 4.65. The summed E-state index contributed by atoms with van der Waals surface area (Å²) >= 11 is 0. The van der Waals surface area contributed by atoms with Gasteiger partial charge in [0.1, 0.15) is 6.04 Å². The molecule has 0 spiro atoms. The first kappa shape index (κ1) is 24.1. The van der Waals surface area contributed by atoms with E-state index in [0.717, 1.165) is 49.2 Å². The Morgan fingerprint density at radius 2 is 1.74 bits per heavy atom. The van der Waals surface area contributed by atoms with Crippen LogP contribution in [0.4, 0.5) is 0 Å². The predicted molar refractivity (Wildman–Crippen MR) is 132 cm³/mol. The van der Waals surface area contributed by atoms with Gasteiger partial charge < -0.3 is 19.7 Å². The largest absolute Gasteiger partial charge is 0.454 e. The average Bonchev–Trinajstić information content (AvgIpc) is 3.34. The van der Waals surface area contributed by atoms with Gasteiger partial charge >= 0.3 is 0 Å². The Labute approximate surface area is 202 Å². The molecule has 1 fully saturated rings. The fraction of sp³-hybridized carbons (Fsp3) is 0.500. The Balaban J connectivity index is 1.43. The summed E-state index contributed by atoms with van der Waals surface area (Å²) in [5, 5.41) is 3.24. The van der Waals surface area contributed by atoms with E-state index in [1.165, 1.54) is 12.0 Å². The van der Waals surface area contributed by atoms with Crippen LogP contribution in [-0.4, -0.2) is 42.1 Å². The Bertz CT molecular complexity index is 956. The smallest absolute Gasteiger partial charge is 0.243 e. The number of carbonyl (C=O) groups is 2. The Kier molecular flexibility index (Phi) is 8.45. The third-order valence-electron chi connectivity index (χ3n) is 6.89. The number of ether oxygens (including phenoxy) is 2. The van der Waals surface area contributed by atoms with Crippen molar-refractivity contribution in [1.29, 1.82) is 0 Å². The molecule has 34 heavy (non-hydrogen) atoms. The second kappa shape index (κ2) is 11.9. The third-order valence-corrected chi connectivity index (χ3v) is 6.89. The highest BCUT2D eigenvalue weighted by Crippen LogP contribution is 2.32. The van der Waals surface area contributed by atoms with Crippen LogP contribution in [0, 0.1) is 0 Å².